The van der Waals surface area contributed by atoms with Crippen LogP contribution in [0.2, 0.25) is 0 Å². The van der Waals surface area contributed by atoms with E-state index in [1.165, 1.54) is 5.39 Å². The van der Waals surface area contributed by atoms with Gasteiger partial charge in [-0.25, -0.2) is 0 Å². The number of ether oxygens (including phenoxy) is 1. The van der Waals surface area contributed by atoms with Gasteiger partial charge in [-0.3, -0.25) is 9.59 Å². The summed E-state index contributed by atoms with van der Waals surface area (Å²) in [5, 5.41) is 4.20. The highest BCUT2D eigenvalue weighted by Crippen LogP contribution is 2.26. The number of hydrogen-bond donors (Lipinski definition) is 2. The highest BCUT2D eigenvalue weighted by Gasteiger charge is 2.27. The predicted molar refractivity (Wildman–Crippen MR) is 118 cm³/mol. The molecule has 6 nitrogen and oxygen atoms in total. The quantitative estimate of drug-likeness (QED) is 0.650. The highest BCUT2D eigenvalue weighted by atomic mass is 16.5. The fraction of sp³-hybridized carbons (Fsp3) is 0.333. The minimum Gasteiger partial charge on any atom is -0.384 e. The van der Waals surface area contributed by atoms with Crippen molar-refractivity contribution < 1.29 is 14.3 Å². The van der Waals surface area contributed by atoms with Gasteiger partial charge in [0.2, 0.25) is 11.8 Å². The number of amides is 2. The molecule has 1 fully saturated rings. The molecule has 1 aliphatic rings. The molecular formula is C24H27N3O3. The van der Waals surface area contributed by atoms with E-state index in [-0.39, 0.29) is 17.7 Å². The van der Waals surface area contributed by atoms with E-state index < -0.39 is 0 Å². The normalized spacial score (nSPS) is 14.8. The second kappa shape index (κ2) is 9.13. The van der Waals surface area contributed by atoms with Crippen LogP contribution in [0.3, 0.4) is 0 Å². The summed E-state index contributed by atoms with van der Waals surface area (Å²) in [6.07, 6.45) is 1.78. The van der Waals surface area contributed by atoms with E-state index in [0.29, 0.717) is 39.0 Å². The lowest BCUT2D eigenvalue weighted by Gasteiger charge is -2.31. The Morgan fingerprint density at radius 2 is 1.83 bits per heavy atom. The van der Waals surface area contributed by atoms with Gasteiger partial charge in [0.05, 0.1) is 13.0 Å². The highest BCUT2D eigenvalue weighted by molar-refractivity contribution is 5.93. The number of nitrogens with zero attached hydrogens (tertiary/aromatic N) is 1. The Morgan fingerprint density at radius 3 is 2.53 bits per heavy atom. The molecule has 0 aliphatic carbocycles. The van der Waals surface area contributed by atoms with Crippen molar-refractivity contribution in [3.8, 4) is 11.3 Å². The van der Waals surface area contributed by atoms with Gasteiger partial charge in [-0.1, -0.05) is 30.3 Å². The van der Waals surface area contributed by atoms with Gasteiger partial charge in [-0.15, -0.1) is 0 Å². The van der Waals surface area contributed by atoms with Gasteiger partial charge < -0.3 is 19.9 Å². The van der Waals surface area contributed by atoms with Crippen molar-refractivity contribution in [2.75, 3.05) is 32.1 Å². The zero-order valence-corrected chi connectivity index (χ0v) is 17.2. The Labute approximate surface area is 176 Å². The number of carbonyl (C=O) groups is 2. The number of aromatic amines is 1. The van der Waals surface area contributed by atoms with Gasteiger partial charge in [0.25, 0.3) is 0 Å². The predicted octanol–water partition coefficient (Wildman–Crippen LogP) is 4.05. The molecule has 4 rings (SSSR count). The number of nitrogens with one attached hydrogen (secondary N) is 2. The molecular weight excluding hydrogens is 378 g/mol. The Bertz CT molecular complexity index is 985. The zero-order valence-electron chi connectivity index (χ0n) is 17.2. The van der Waals surface area contributed by atoms with Gasteiger partial charge in [-0.2, -0.15) is 0 Å². The van der Waals surface area contributed by atoms with E-state index in [0.717, 1.165) is 22.5 Å². The third-order valence-corrected chi connectivity index (χ3v) is 5.73. The van der Waals surface area contributed by atoms with Gasteiger partial charge in [0.15, 0.2) is 0 Å². The van der Waals surface area contributed by atoms with Crippen LogP contribution in [0, 0.1) is 5.92 Å². The summed E-state index contributed by atoms with van der Waals surface area (Å²) >= 11 is 0. The molecule has 2 heterocycles. The summed E-state index contributed by atoms with van der Waals surface area (Å²) in [6, 6.07) is 18.2. The van der Waals surface area contributed by atoms with Crippen LogP contribution >= 0.6 is 0 Å². The standard InChI is InChI=1S/C24H27N3O3/c1-30-15-12-23(28)27-13-10-18(11-14-27)24(29)25-20-8-6-17(7-9-20)22-16-19-4-2-3-5-21(19)26-22/h2-9,16,18,26H,10-15H2,1H3,(H,25,29). The summed E-state index contributed by atoms with van der Waals surface area (Å²) in [5.41, 5.74) is 4.03. The van der Waals surface area contributed by atoms with Crippen LogP contribution in [0.4, 0.5) is 5.69 Å². The molecule has 1 aliphatic heterocycles. The molecule has 6 heteroatoms. The number of rotatable bonds is 6. The first-order valence-electron chi connectivity index (χ1n) is 10.4. The summed E-state index contributed by atoms with van der Waals surface area (Å²) in [5.74, 6) is 0.0606. The number of hydrogen-bond acceptors (Lipinski definition) is 3. The Morgan fingerprint density at radius 1 is 1.10 bits per heavy atom. The molecule has 0 radical (unpaired) electrons. The maximum absolute atomic E-state index is 12.6. The average molecular weight is 405 g/mol. The number of H-pyrrole nitrogens is 1. The summed E-state index contributed by atoms with van der Waals surface area (Å²) in [4.78, 5) is 30.0. The first-order chi connectivity index (χ1) is 14.6. The van der Waals surface area contributed by atoms with Crippen LogP contribution in [-0.4, -0.2) is 48.5 Å². The number of para-hydroxylation sites is 1. The monoisotopic (exact) mass is 405 g/mol. The van der Waals surface area contributed by atoms with E-state index in [9.17, 15) is 9.59 Å². The van der Waals surface area contributed by atoms with E-state index in [2.05, 4.69) is 28.5 Å². The van der Waals surface area contributed by atoms with E-state index in [1.807, 2.05) is 41.3 Å². The van der Waals surface area contributed by atoms with Crippen LogP contribution in [0.5, 0.6) is 0 Å². The number of fused-ring (bicyclic) bond motifs is 1. The van der Waals surface area contributed by atoms with Crippen LogP contribution in [0.1, 0.15) is 19.3 Å². The number of likely N-dealkylation sites (tertiary alicyclic amines) is 1. The van der Waals surface area contributed by atoms with E-state index in [1.54, 1.807) is 7.11 Å². The van der Waals surface area contributed by atoms with E-state index >= 15 is 0 Å². The minimum absolute atomic E-state index is 0.0253. The lowest BCUT2D eigenvalue weighted by atomic mass is 9.95. The fourth-order valence-electron chi connectivity index (χ4n) is 3.94. The lowest BCUT2D eigenvalue weighted by Crippen LogP contribution is -2.41. The SMILES string of the molecule is COCCC(=O)N1CCC(C(=O)Nc2ccc(-c3cc4ccccc4[nH]3)cc2)CC1. The third kappa shape index (κ3) is 4.54. The Hall–Kier alpha value is -3.12. The number of piperidine rings is 1. The van der Waals surface area contributed by atoms with Crippen molar-refractivity contribution in [3.05, 3.63) is 54.6 Å². The number of benzene rings is 2. The van der Waals surface area contributed by atoms with Crippen LogP contribution in [-0.2, 0) is 14.3 Å². The summed E-state index contributed by atoms with van der Waals surface area (Å²) in [7, 11) is 1.59. The topological polar surface area (TPSA) is 74.4 Å². The molecule has 2 amide bonds. The molecule has 0 unspecified atom stereocenters. The molecule has 156 valence electrons. The number of carbonyl (C=O) groups excluding carboxylic acids is 2. The van der Waals surface area contributed by atoms with Crippen molar-refractivity contribution in [3.63, 3.8) is 0 Å². The lowest BCUT2D eigenvalue weighted by molar-refractivity contribution is -0.135. The molecule has 0 spiro atoms. The second-order valence-electron chi connectivity index (χ2n) is 7.73. The molecule has 1 aromatic heterocycles. The maximum Gasteiger partial charge on any atom is 0.227 e. The van der Waals surface area contributed by atoms with Crippen molar-refractivity contribution in [1.29, 1.82) is 0 Å². The zero-order chi connectivity index (χ0) is 20.9. The van der Waals surface area contributed by atoms with Crippen molar-refractivity contribution in [2.24, 2.45) is 5.92 Å². The summed E-state index contributed by atoms with van der Waals surface area (Å²) in [6.45, 7) is 1.69. The largest absolute Gasteiger partial charge is 0.384 e. The molecule has 0 atom stereocenters. The van der Waals surface area contributed by atoms with Crippen LogP contribution in [0.15, 0.2) is 54.6 Å². The molecule has 2 aromatic carbocycles. The third-order valence-electron chi connectivity index (χ3n) is 5.73. The number of methoxy groups -OCH3 is 1. The average Bonchev–Trinajstić information content (AvgIpc) is 3.22. The Balaban J connectivity index is 1.32. The molecule has 0 saturated carbocycles. The Kier molecular flexibility index (Phi) is 6.14. The fourth-order valence-corrected chi connectivity index (χ4v) is 3.94. The maximum atomic E-state index is 12.6. The van der Waals surface area contributed by atoms with Crippen molar-refractivity contribution in [1.82, 2.24) is 9.88 Å². The summed E-state index contributed by atoms with van der Waals surface area (Å²) < 4.78 is 4.97. The molecule has 30 heavy (non-hydrogen) atoms. The van der Waals surface area contributed by atoms with Gasteiger partial charge in [0, 0.05) is 48.4 Å². The molecule has 3 aromatic rings. The first kappa shape index (κ1) is 20.2. The van der Waals surface area contributed by atoms with Crippen LogP contribution < -0.4 is 5.32 Å². The molecule has 2 N–H and O–H groups in total. The molecule has 1 saturated heterocycles. The van der Waals surface area contributed by atoms with Crippen molar-refractivity contribution in [2.45, 2.75) is 19.3 Å². The van der Waals surface area contributed by atoms with Gasteiger partial charge in [-0.05, 0) is 42.7 Å². The van der Waals surface area contributed by atoms with Crippen molar-refractivity contribution >= 4 is 28.4 Å². The second-order valence-corrected chi connectivity index (χ2v) is 7.73. The van der Waals surface area contributed by atoms with Crippen LogP contribution in [0.25, 0.3) is 22.2 Å². The number of aromatic nitrogens is 1. The van der Waals surface area contributed by atoms with Gasteiger partial charge in [0.1, 0.15) is 0 Å². The molecule has 0 bridgehead atoms. The smallest absolute Gasteiger partial charge is 0.227 e. The van der Waals surface area contributed by atoms with Gasteiger partial charge >= 0.3 is 0 Å². The minimum atomic E-state index is -0.0649. The first-order valence-corrected chi connectivity index (χ1v) is 10.4. The van der Waals surface area contributed by atoms with E-state index in [4.69, 9.17) is 4.74 Å². The number of anilines is 1.